The van der Waals surface area contributed by atoms with Crippen molar-refractivity contribution in [1.82, 2.24) is 5.32 Å². The number of nitrogens with one attached hydrogen (secondary N) is 1. The third-order valence-corrected chi connectivity index (χ3v) is 4.12. The zero-order valence-corrected chi connectivity index (χ0v) is 15.9. The number of benzene rings is 2. The predicted molar refractivity (Wildman–Crippen MR) is 105 cm³/mol. The van der Waals surface area contributed by atoms with Crippen molar-refractivity contribution >= 4 is 18.0 Å². The second-order valence-corrected chi connectivity index (χ2v) is 6.10. The molecule has 0 aliphatic heterocycles. The number of aryl methyl sites for hydroxylation is 1. The van der Waals surface area contributed by atoms with Crippen LogP contribution in [0.4, 0.5) is 0 Å². The Hall–Kier alpha value is -3.08. The van der Waals surface area contributed by atoms with E-state index in [1.165, 1.54) is 11.6 Å². The largest absolute Gasteiger partial charge is 0.497 e. The molecule has 1 N–H and O–H groups in total. The molecule has 0 bridgehead atoms. The van der Waals surface area contributed by atoms with Crippen LogP contribution in [0.15, 0.2) is 54.6 Å². The Labute approximate surface area is 160 Å². The molecule has 2 aromatic carbocycles. The molecule has 0 spiro atoms. The number of methoxy groups -OCH3 is 1. The van der Waals surface area contributed by atoms with Gasteiger partial charge < -0.3 is 14.8 Å². The molecule has 0 unspecified atom stereocenters. The first-order valence-electron chi connectivity index (χ1n) is 8.89. The highest BCUT2D eigenvalue weighted by atomic mass is 16.5. The second kappa shape index (κ2) is 10.2. The zero-order valence-electron chi connectivity index (χ0n) is 15.9. The average Bonchev–Trinajstić information content (AvgIpc) is 2.70. The van der Waals surface area contributed by atoms with E-state index in [0.29, 0.717) is 5.75 Å². The van der Waals surface area contributed by atoms with Crippen molar-refractivity contribution in [2.45, 2.75) is 26.3 Å². The summed E-state index contributed by atoms with van der Waals surface area (Å²) in [6.07, 6.45) is 3.87. The molecule has 0 aliphatic carbocycles. The number of carbonyl (C=O) groups is 2. The maximum atomic E-state index is 12.0. The molecule has 142 valence electrons. The molecule has 1 amide bonds. The quantitative estimate of drug-likeness (QED) is 0.571. The summed E-state index contributed by atoms with van der Waals surface area (Å²) in [7, 11) is 1.58. The van der Waals surface area contributed by atoms with Crippen LogP contribution in [0.2, 0.25) is 0 Å². The third-order valence-electron chi connectivity index (χ3n) is 4.12. The second-order valence-electron chi connectivity index (χ2n) is 6.10. The predicted octanol–water partition coefficient (Wildman–Crippen LogP) is 3.69. The summed E-state index contributed by atoms with van der Waals surface area (Å²) in [6.45, 7) is 3.67. The van der Waals surface area contributed by atoms with E-state index in [1.54, 1.807) is 19.3 Å². The summed E-state index contributed by atoms with van der Waals surface area (Å²) >= 11 is 0. The molecule has 0 saturated carbocycles. The van der Waals surface area contributed by atoms with Crippen molar-refractivity contribution in [2.24, 2.45) is 0 Å². The first kappa shape index (κ1) is 20.2. The third kappa shape index (κ3) is 6.62. The number of ether oxygens (including phenoxy) is 2. The maximum absolute atomic E-state index is 12.0. The lowest BCUT2D eigenvalue weighted by molar-refractivity contribution is -0.144. The Bertz CT molecular complexity index is 796. The van der Waals surface area contributed by atoms with Crippen LogP contribution >= 0.6 is 0 Å². The van der Waals surface area contributed by atoms with Crippen molar-refractivity contribution in [2.75, 3.05) is 13.7 Å². The van der Waals surface area contributed by atoms with Gasteiger partial charge in [0.1, 0.15) is 5.75 Å². The minimum atomic E-state index is -0.576. The molecule has 0 aromatic heterocycles. The molecule has 5 nitrogen and oxygen atoms in total. The van der Waals surface area contributed by atoms with Gasteiger partial charge in [-0.3, -0.25) is 4.79 Å². The van der Waals surface area contributed by atoms with Crippen LogP contribution in [0.1, 0.15) is 36.6 Å². The van der Waals surface area contributed by atoms with E-state index in [0.717, 1.165) is 17.5 Å². The highest BCUT2D eigenvalue weighted by molar-refractivity contribution is 5.89. The molecule has 5 heteroatoms. The summed E-state index contributed by atoms with van der Waals surface area (Å²) in [5.74, 6) is -0.219. The van der Waals surface area contributed by atoms with Gasteiger partial charge in [-0.15, -0.1) is 0 Å². The van der Waals surface area contributed by atoms with Crippen LogP contribution in [-0.2, 0) is 20.7 Å². The molecule has 2 rings (SSSR count). The Morgan fingerprint density at radius 3 is 2.56 bits per heavy atom. The van der Waals surface area contributed by atoms with Gasteiger partial charge >= 0.3 is 5.97 Å². The van der Waals surface area contributed by atoms with Crippen LogP contribution < -0.4 is 10.1 Å². The fraction of sp³-hybridized carbons (Fsp3) is 0.273. The number of hydrogen-bond acceptors (Lipinski definition) is 4. The molecule has 0 heterocycles. The van der Waals surface area contributed by atoms with Gasteiger partial charge in [-0.25, -0.2) is 4.79 Å². The van der Waals surface area contributed by atoms with Crippen LogP contribution in [0, 0.1) is 0 Å². The first-order chi connectivity index (χ1) is 13.0. The van der Waals surface area contributed by atoms with Gasteiger partial charge in [0.05, 0.1) is 13.2 Å². The summed E-state index contributed by atoms with van der Waals surface area (Å²) in [6, 6.07) is 15.2. The minimum Gasteiger partial charge on any atom is -0.497 e. The molecule has 0 fully saturated rings. The summed E-state index contributed by atoms with van der Waals surface area (Å²) in [5.41, 5.74) is 3.05. The molecule has 27 heavy (non-hydrogen) atoms. The zero-order chi connectivity index (χ0) is 19.6. The number of hydrogen-bond donors (Lipinski definition) is 1. The van der Waals surface area contributed by atoms with Crippen molar-refractivity contribution in [3.63, 3.8) is 0 Å². The molecule has 0 aliphatic rings. The summed E-state index contributed by atoms with van der Waals surface area (Å²) < 4.78 is 10.1. The fourth-order valence-electron chi connectivity index (χ4n) is 2.50. The summed E-state index contributed by atoms with van der Waals surface area (Å²) in [4.78, 5) is 23.8. The van der Waals surface area contributed by atoms with Gasteiger partial charge in [0.15, 0.2) is 6.61 Å². The lowest BCUT2D eigenvalue weighted by atomic mass is 10.1. The molecule has 0 radical (unpaired) electrons. The number of carbonyl (C=O) groups excluding carboxylic acids is 2. The van der Waals surface area contributed by atoms with E-state index in [9.17, 15) is 9.59 Å². The van der Waals surface area contributed by atoms with E-state index in [1.807, 2.05) is 49.4 Å². The lowest BCUT2D eigenvalue weighted by Crippen LogP contribution is -2.30. The van der Waals surface area contributed by atoms with Gasteiger partial charge in [-0.2, -0.15) is 0 Å². The Balaban J connectivity index is 1.79. The highest BCUT2D eigenvalue weighted by Crippen LogP contribution is 2.14. The van der Waals surface area contributed by atoms with Gasteiger partial charge in [-0.1, -0.05) is 43.3 Å². The molecular formula is C22H25NO4. The SMILES string of the molecule is CCc1ccc([C@H](C)NC(=O)COC(=O)/C=C/c2cccc(OC)c2)cc1. The normalized spacial score (nSPS) is 11.8. The van der Waals surface area contributed by atoms with E-state index < -0.39 is 5.97 Å². The van der Waals surface area contributed by atoms with E-state index in [-0.39, 0.29) is 18.6 Å². The van der Waals surface area contributed by atoms with Crippen LogP contribution in [-0.4, -0.2) is 25.6 Å². The van der Waals surface area contributed by atoms with Crippen molar-refractivity contribution in [3.05, 3.63) is 71.3 Å². The van der Waals surface area contributed by atoms with Crippen LogP contribution in [0.5, 0.6) is 5.75 Å². The van der Waals surface area contributed by atoms with E-state index in [2.05, 4.69) is 12.2 Å². The van der Waals surface area contributed by atoms with Crippen molar-refractivity contribution in [3.8, 4) is 5.75 Å². The first-order valence-corrected chi connectivity index (χ1v) is 8.89. The Morgan fingerprint density at radius 2 is 1.89 bits per heavy atom. The standard InChI is InChI=1S/C22H25NO4/c1-4-17-8-11-19(12-9-17)16(2)23-21(24)15-27-22(25)13-10-18-6-5-7-20(14-18)26-3/h5-14,16H,4,15H2,1-3H3,(H,23,24)/b13-10+/t16-/m0/s1. The van der Waals surface area contributed by atoms with Crippen LogP contribution in [0.25, 0.3) is 6.08 Å². The smallest absolute Gasteiger partial charge is 0.331 e. The monoisotopic (exact) mass is 367 g/mol. The van der Waals surface area contributed by atoms with Gasteiger partial charge in [-0.05, 0) is 48.2 Å². The highest BCUT2D eigenvalue weighted by Gasteiger charge is 2.11. The summed E-state index contributed by atoms with van der Waals surface area (Å²) in [5, 5.41) is 2.82. The molecular weight excluding hydrogens is 342 g/mol. The number of esters is 1. The van der Waals surface area contributed by atoms with Gasteiger partial charge in [0, 0.05) is 6.08 Å². The number of rotatable bonds is 8. The van der Waals surface area contributed by atoms with E-state index in [4.69, 9.17) is 9.47 Å². The molecule has 1 atom stereocenters. The lowest BCUT2D eigenvalue weighted by Gasteiger charge is -2.14. The van der Waals surface area contributed by atoms with Gasteiger partial charge in [0.2, 0.25) is 0 Å². The molecule has 2 aromatic rings. The fourth-order valence-corrected chi connectivity index (χ4v) is 2.50. The van der Waals surface area contributed by atoms with E-state index >= 15 is 0 Å². The van der Waals surface area contributed by atoms with Crippen molar-refractivity contribution in [1.29, 1.82) is 0 Å². The average molecular weight is 367 g/mol. The Morgan fingerprint density at radius 1 is 1.15 bits per heavy atom. The van der Waals surface area contributed by atoms with Crippen LogP contribution in [0.3, 0.4) is 0 Å². The molecule has 0 saturated heterocycles. The van der Waals surface area contributed by atoms with Gasteiger partial charge in [0.25, 0.3) is 5.91 Å². The Kier molecular flexibility index (Phi) is 7.62. The number of amides is 1. The minimum absolute atomic E-state index is 0.158. The van der Waals surface area contributed by atoms with Crippen molar-refractivity contribution < 1.29 is 19.1 Å². The maximum Gasteiger partial charge on any atom is 0.331 e. The topological polar surface area (TPSA) is 64.6 Å².